The highest BCUT2D eigenvalue weighted by Crippen LogP contribution is 2.54. The summed E-state index contributed by atoms with van der Waals surface area (Å²) in [5, 5.41) is 12.3. The lowest BCUT2D eigenvalue weighted by Crippen LogP contribution is -2.64. The van der Waals surface area contributed by atoms with Crippen LogP contribution in [0.4, 0.5) is 28.4 Å². The third-order valence-corrected chi connectivity index (χ3v) is 16.2. The molecule has 0 saturated heterocycles. The summed E-state index contributed by atoms with van der Waals surface area (Å²) in [6.07, 6.45) is 17.6. The SMILES string of the molecule is Oc1cc2c3c(c1)N(C1C(C4CCCCC4)CCCC1C1CCCCC1)c1cc(Br)ccc1B3c1ccc(Br)cc1N2c1c(-c2ccccc2)cccc1-c1ccccc1. The molecule has 0 amide bonds. The maximum atomic E-state index is 12.3. The molecule has 3 fully saturated rings. The molecule has 11 rings (SSSR count). The maximum Gasteiger partial charge on any atom is 0.252 e. The van der Waals surface area contributed by atoms with Gasteiger partial charge in [-0.3, -0.25) is 0 Å². The van der Waals surface area contributed by atoms with Gasteiger partial charge in [0.25, 0.3) is 6.71 Å². The summed E-state index contributed by atoms with van der Waals surface area (Å²) in [4.78, 5) is 5.36. The van der Waals surface area contributed by atoms with E-state index >= 15 is 0 Å². The first kappa shape index (κ1) is 38.7. The fourth-order valence-corrected chi connectivity index (χ4v) is 13.5. The van der Waals surface area contributed by atoms with Gasteiger partial charge >= 0.3 is 0 Å². The average molecular weight is 917 g/mol. The van der Waals surface area contributed by atoms with E-state index in [4.69, 9.17) is 0 Å². The van der Waals surface area contributed by atoms with Crippen LogP contribution in [0.3, 0.4) is 0 Å². The van der Waals surface area contributed by atoms with Crippen LogP contribution >= 0.6 is 31.9 Å². The van der Waals surface area contributed by atoms with Crippen LogP contribution in [0.5, 0.6) is 5.75 Å². The van der Waals surface area contributed by atoms with Crippen molar-refractivity contribution in [3.63, 3.8) is 0 Å². The summed E-state index contributed by atoms with van der Waals surface area (Å²) in [6, 6.07) is 47.1. The molecule has 0 spiro atoms. The summed E-state index contributed by atoms with van der Waals surface area (Å²) >= 11 is 7.94. The lowest BCUT2D eigenvalue weighted by molar-refractivity contribution is 0.0839. The van der Waals surface area contributed by atoms with Crippen LogP contribution in [0, 0.1) is 23.7 Å². The highest BCUT2D eigenvalue weighted by molar-refractivity contribution is 9.10. The molecule has 3 aliphatic carbocycles. The van der Waals surface area contributed by atoms with E-state index in [1.807, 2.05) is 0 Å². The maximum absolute atomic E-state index is 12.3. The summed E-state index contributed by atoms with van der Waals surface area (Å²) in [5.41, 5.74) is 14.5. The monoisotopic (exact) mass is 914 g/mol. The summed E-state index contributed by atoms with van der Waals surface area (Å²) in [6.45, 7) is 0.00298. The zero-order valence-electron chi connectivity index (χ0n) is 34.4. The number of halogens is 2. The normalized spacial score (nSPS) is 21.6. The predicted octanol–water partition coefficient (Wildman–Crippen LogP) is 13.9. The molecule has 2 atom stereocenters. The van der Waals surface area contributed by atoms with Crippen LogP contribution in [-0.4, -0.2) is 17.9 Å². The average Bonchev–Trinajstić information content (AvgIpc) is 3.29. The highest BCUT2D eigenvalue weighted by atomic mass is 79.9. The minimum absolute atomic E-state index is 0.00298. The van der Waals surface area contributed by atoms with E-state index in [9.17, 15) is 5.11 Å². The van der Waals surface area contributed by atoms with Crippen molar-refractivity contribution in [2.24, 2.45) is 23.7 Å². The molecule has 1 N–H and O–H groups in total. The third kappa shape index (κ3) is 6.67. The number of phenolic OH excluding ortho intramolecular Hbond substituents is 1. The fourth-order valence-electron chi connectivity index (χ4n) is 12.8. The zero-order chi connectivity index (χ0) is 40.3. The molecule has 6 aromatic rings. The van der Waals surface area contributed by atoms with Crippen molar-refractivity contribution in [3.8, 4) is 28.0 Å². The van der Waals surface area contributed by atoms with Gasteiger partial charge in [0, 0.05) is 61.0 Å². The Morgan fingerprint density at radius 3 is 1.57 bits per heavy atom. The molecule has 6 heteroatoms. The van der Waals surface area contributed by atoms with Gasteiger partial charge in [-0.05, 0) is 88.3 Å². The van der Waals surface area contributed by atoms with Crippen molar-refractivity contribution < 1.29 is 5.11 Å². The number of hydrogen-bond acceptors (Lipinski definition) is 3. The van der Waals surface area contributed by atoms with Gasteiger partial charge in [-0.2, -0.15) is 0 Å². The molecule has 3 saturated carbocycles. The van der Waals surface area contributed by atoms with Crippen LogP contribution < -0.4 is 26.2 Å². The zero-order valence-corrected chi connectivity index (χ0v) is 37.6. The molecule has 0 radical (unpaired) electrons. The Morgan fingerprint density at radius 1 is 0.483 bits per heavy atom. The number of hydrogen-bond donors (Lipinski definition) is 1. The van der Waals surface area contributed by atoms with Crippen molar-refractivity contribution in [2.45, 2.75) is 89.5 Å². The van der Waals surface area contributed by atoms with Crippen molar-refractivity contribution >= 4 is 83.4 Å². The number of phenols is 1. The van der Waals surface area contributed by atoms with Gasteiger partial charge in [0.05, 0.1) is 5.69 Å². The lowest BCUT2D eigenvalue weighted by atomic mass is 9.33. The van der Waals surface area contributed by atoms with Gasteiger partial charge in [-0.1, -0.05) is 193 Å². The molecular formula is C54H53BBr2N2O. The van der Waals surface area contributed by atoms with Crippen molar-refractivity contribution in [2.75, 3.05) is 9.80 Å². The van der Waals surface area contributed by atoms with Crippen molar-refractivity contribution in [1.82, 2.24) is 0 Å². The first-order chi connectivity index (χ1) is 29.5. The molecule has 302 valence electrons. The van der Waals surface area contributed by atoms with Crippen LogP contribution in [0.1, 0.15) is 83.5 Å². The second-order valence-corrected chi connectivity index (χ2v) is 20.3. The van der Waals surface area contributed by atoms with Gasteiger partial charge in [-0.25, -0.2) is 0 Å². The highest BCUT2D eigenvalue weighted by Gasteiger charge is 2.50. The molecular weight excluding hydrogens is 863 g/mol. The Kier molecular flexibility index (Phi) is 10.4. The Balaban J connectivity index is 1.21. The van der Waals surface area contributed by atoms with E-state index in [-0.39, 0.29) is 6.71 Å². The Morgan fingerprint density at radius 2 is 1.00 bits per heavy atom. The number of benzene rings is 6. The van der Waals surface area contributed by atoms with Gasteiger partial charge < -0.3 is 14.9 Å². The standard InChI is InChI=1S/C54H53BBr2N2O/c56-39-27-29-46-48(31-39)58(53-42(35-15-5-1-6-16-35)23-13-24-43(53)36-17-7-2-8-18-36)50-33-41(60)34-51-52(50)55(46)47-30-28-40(57)32-49(47)59(51)54-44(37-19-9-3-10-20-37)25-14-26-45(54)38-21-11-4-12-22-38/h1-2,5-8,13,15-18,23-24,27-34,37-38,44-45,54,60H,3-4,9-12,14,19-22,25-26H2. The molecule has 6 aromatic carbocycles. The van der Waals surface area contributed by atoms with E-state index in [1.54, 1.807) is 0 Å². The molecule has 0 bridgehead atoms. The molecule has 2 heterocycles. The van der Waals surface area contributed by atoms with Crippen molar-refractivity contribution in [1.29, 1.82) is 0 Å². The molecule has 3 nitrogen and oxygen atoms in total. The Labute approximate surface area is 373 Å². The van der Waals surface area contributed by atoms with Gasteiger partial charge in [0.1, 0.15) is 5.75 Å². The smallest absolute Gasteiger partial charge is 0.252 e. The second-order valence-electron chi connectivity index (χ2n) is 18.4. The second kappa shape index (κ2) is 16.2. The Bertz CT molecular complexity index is 2450. The lowest BCUT2D eigenvalue weighted by Gasteiger charge is -2.55. The summed E-state index contributed by atoms with van der Waals surface area (Å²) < 4.78 is 2.15. The van der Waals surface area contributed by atoms with E-state index in [0.717, 1.165) is 49.0 Å². The molecule has 5 aliphatic rings. The van der Waals surface area contributed by atoms with Gasteiger partial charge in [-0.15, -0.1) is 0 Å². The summed E-state index contributed by atoms with van der Waals surface area (Å²) in [5.74, 6) is 3.07. The van der Waals surface area contributed by atoms with E-state index in [1.165, 1.54) is 122 Å². The molecule has 0 aromatic heterocycles. The number of aromatic hydroxyl groups is 1. The van der Waals surface area contributed by atoms with Crippen LogP contribution in [0.15, 0.2) is 136 Å². The minimum atomic E-state index is 0.00298. The topological polar surface area (TPSA) is 26.7 Å². The van der Waals surface area contributed by atoms with E-state index < -0.39 is 0 Å². The summed E-state index contributed by atoms with van der Waals surface area (Å²) in [7, 11) is 0. The quantitative estimate of drug-likeness (QED) is 0.168. The van der Waals surface area contributed by atoms with Gasteiger partial charge in [0.2, 0.25) is 0 Å². The largest absolute Gasteiger partial charge is 0.508 e. The molecule has 60 heavy (non-hydrogen) atoms. The van der Waals surface area contributed by atoms with Crippen LogP contribution in [0.25, 0.3) is 22.3 Å². The van der Waals surface area contributed by atoms with Crippen LogP contribution in [-0.2, 0) is 0 Å². The Hall–Kier alpha value is -4.26. The first-order valence-corrected chi connectivity index (χ1v) is 24.4. The fraction of sp³-hybridized carbons (Fsp3) is 0.333. The molecule has 2 aliphatic heterocycles. The van der Waals surface area contributed by atoms with E-state index in [0.29, 0.717) is 23.6 Å². The van der Waals surface area contributed by atoms with Crippen molar-refractivity contribution in [3.05, 3.63) is 136 Å². The number of nitrogens with zero attached hydrogens (tertiary/aromatic N) is 2. The molecule has 2 unspecified atom stereocenters. The van der Waals surface area contributed by atoms with E-state index in [2.05, 4.69) is 169 Å². The number of rotatable bonds is 6. The minimum Gasteiger partial charge on any atom is -0.508 e. The predicted molar refractivity (Wildman–Crippen MR) is 260 cm³/mol. The van der Waals surface area contributed by atoms with Gasteiger partial charge in [0.15, 0.2) is 0 Å². The first-order valence-electron chi connectivity index (χ1n) is 22.8. The van der Waals surface area contributed by atoms with Crippen LogP contribution in [0.2, 0.25) is 0 Å². The number of para-hydroxylation sites is 1. The third-order valence-electron chi connectivity index (χ3n) is 15.2. The number of anilines is 5. The number of fused-ring (bicyclic) bond motifs is 4.